The number of para-hydroxylation sites is 1. The van der Waals surface area contributed by atoms with Gasteiger partial charge in [-0.25, -0.2) is 18.9 Å². The average Bonchev–Trinajstić information content (AvgIpc) is 3.55. The van der Waals surface area contributed by atoms with Crippen LogP contribution in [0.5, 0.6) is 0 Å². The molecule has 1 fully saturated rings. The predicted octanol–water partition coefficient (Wildman–Crippen LogP) is 3.57. The molecule has 0 bridgehead atoms. The van der Waals surface area contributed by atoms with Gasteiger partial charge in [-0.05, 0) is 18.2 Å². The van der Waals surface area contributed by atoms with E-state index >= 15 is 0 Å². The van der Waals surface area contributed by atoms with E-state index in [4.69, 9.17) is 16.7 Å². The van der Waals surface area contributed by atoms with Crippen LogP contribution in [0.4, 0.5) is 10.2 Å². The number of hydrogen-bond donors (Lipinski definition) is 1. The number of H-pyrrole nitrogens is 1. The van der Waals surface area contributed by atoms with Crippen molar-refractivity contribution in [2.24, 2.45) is 0 Å². The number of alkyl halides is 1. The first-order valence-electron chi connectivity index (χ1n) is 10.5. The monoisotopic (exact) mass is 474 g/mol. The highest BCUT2D eigenvalue weighted by Crippen LogP contribution is 2.39. The van der Waals surface area contributed by atoms with Gasteiger partial charge in [0, 0.05) is 18.8 Å². The van der Waals surface area contributed by atoms with Gasteiger partial charge in [-0.1, -0.05) is 29.8 Å². The van der Waals surface area contributed by atoms with Crippen LogP contribution in [0.2, 0.25) is 5.02 Å². The molecule has 4 aromatic heterocycles. The second kappa shape index (κ2) is 7.67. The number of nitriles is 1. The van der Waals surface area contributed by atoms with Crippen LogP contribution in [0.3, 0.4) is 0 Å². The summed E-state index contributed by atoms with van der Waals surface area (Å²) in [5.74, 6) is 0.754. The summed E-state index contributed by atoms with van der Waals surface area (Å²) < 4.78 is 17.9. The van der Waals surface area contributed by atoms with Crippen LogP contribution in [0.1, 0.15) is 23.9 Å². The first kappa shape index (κ1) is 20.4. The number of aromatic amines is 1. The lowest BCUT2D eigenvalue weighted by Gasteiger charge is -2.27. The van der Waals surface area contributed by atoms with Crippen molar-refractivity contribution in [2.45, 2.75) is 18.6 Å². The van der Waals surface area contributed by atoms with Gasteiger partial charge in [-0.2, -0.15) is 10.4 Å². The Morgan fingerprint density at radius 2 is 2.03 bits per heavy atom. The van der Waals surface area contributed by atoms with Crippen LogP contribution in [0, 0.1) is 11.3 Å². The number of nitrogens with one attached hydrogen (secondary N) is 1. The van der Waals surface area contributed by atoms with E-state index in [0.717, 1.165) is 0 Å². The van der Waals surface area contributed by atoms with Crippen molar-refractivity contribution in [1.82, 2.24) is 29.1 Å². The van der Waals surface area contributed by atoms with Crippen molar-refractivity contribution < 1.29 is 4.39 Å². The molecule has 5 aromatic rings. The third kappa shape index (κ3) is 2.98. The number of hydrogen-bond acceptors (Lipinski definition) is 6. The first-order valence-corrected chi connectivity index (χ1v) is 10.9. The smallest absolute Gasteiger partial charge is 0.284 e. The zero-order valence-electron chi connectivity index (χ0n) is 17.6. The molecule has 0 spiro atoms. The van der Waals surface area contributed by atoms with E-state index in [1.54, 1.807) is 35.5 Å². The largest absolute Gasteiger partial charge is 0.345 e. The van der Waals surface area contributed by atoms with E-state index in [1.165, 1.54) is 15.4 Å². The molecule has 0 aliphatic carbocycles. The maximum atomic E-state index is 15.0. The maximum absolute atomic E-state index is 15.0. The summed E-state index contributed by atoms with van der Waals surface area (Å²) in [6, 6.07) is 12.1. The topological polar surface area (TPSA) is 108 Å². The van der Waals surface area contributed by atoms with Crippen LogP contribution in [-0.4, -0.2) is 41.8 Å². The van der Waals surface area contributed by atoms with Gasteiger partial charge in [0.1, 0.15) is 35.5 Å². The molecule has 0 radical (unpaired) electrons. The SMILES string of the molecule is N#Cc1c[nH]c2ncnc(N3C[C@H](F)C[C@H]3c3nn4ccc(Cl)c4c(=O)n3-c3ccccc3)c12. The summed E-state index contributed by atoms with van der Waals surface area (Å²) >= 11 is 6.29. The fraction of sp³-hybridized carbons (Fsp3) is 0.174. The minimum Gasteiger partial charge on any atom is -0.345 e. The van der Waals surface area contributed by atoms with Crippen LogP contribution in [0.25, 0.3) is 22.2 Å². The lowest BCUT2D eigenvalue weighted by molar-refractivity contribution is 0.354. The molecule has 5 heterocycles. The molecule has 1 saturated heterocycles. The normalized spacial score (nSPS) is 18.1. The molecular formula is C23H16ClFN8O. The van der Waals surface area contributed by atoms with Gasteiger partial charge in [0.15, 0.2) is 5.82 Å². The maximum Gasteiger partial charge on any atom is 0.284 e. The number of aromatic nitrogens is 6. The van der Waals surface area contributed by atoms with E-state index < -0.39 is 12.2 Å². The van der Waals surface area contributed by atoms with Gasteiger partial charge in [0.05, 0.1) is 34.2 Å². The quantitative estimate of drug-likeness (QED) is 0.428. The Labute approximate surface area is 196 Å². The van der Waals surface area contributed by atoms with Gasteiger partial charge in [-0.3, -0.25) is 9.36 Å². The van der Waals surface area contributed by atoms with Gasteiger partial charge in [0.2, 0.25) is 0 Å². The predicted molar refractivity (Wildman–Crippen MR) is 124 cm³/mol. The number of nitrogens with zero attached hydrogens (tertiary/aromatic N) is 7. The summed E-state index contributed by atoms with van der Waals surface area (Å²) in [6.45, 7) is 0.0297. The zero-order chi connectivity index (χ0) is 23.4. The molecule has 1 aliphatic rings. The van der Waals surface area contributed by atoms with E-state index in [1.807, 2.05) is 18.2 Å². The van der Waals surface area contributed by atoms with Crippen LogP contribution in [0.15, 0.2) is 59.9 Å². The number of anilines is 1. The summed E-state index contributed by atoms with van der Waals surface area (Å²) in [5, 5.41) is 15.1. The lowest BCUT2D eigenvalue weighted by Crippen LogP contribution is -2.33. The summed E-state index contributed by atoms with van der Waals surface area (Å²) in [7, 11) is 0. The van der Waals surface area contributed by atoms with E-state index in [9.17, 15) is 14.4 Å². The Morgan fingerprint density at radius 1 is 1.21 bits per heavy atom. The summed E-state index contributed by atoms with van der Waals surface area (Å²) in [5.41, 5.74) is 1.29. The van der Waals surface area contributed by atoms with Crippen molar-refractivity contribution in [3.8, 4) is 11.8 Å². The standard InChI is InChI=1S/C23H16ClFN8O/c24-16-6-7-32-19(16)23(34)33(15-4-2-1-3-5-15)21(30-32)17-8-14(25)11-31(17)22-18-13(9-26)10-27-20(18)28-12-29-22/h1-7,10,12,14,17H,8,11H2,(H,27,28,29)/t14-,17+/m1/s1. The highest BCUT2D eigenvalue weighted by atomic mass is 35.5. The van der Waals surface area contributed by atoms with Crippen LogP contribution in [-0.2, 0) is 0 Å². The molecule has 6 rings (SSSR count). The molecule has 11 heteroatoms. The number of halogens is 2. The Bertz CT molecular complexity index is 1650. The molecule has 0 saturated carbocycles. The lowest BCUT2D eigenvalue weighted by atomic mass is 10.1. The molecule has 9 nitrogen and oxygen atoms in total. The van der Waals surface area contributed by atoms with Crippen molar-refractivity contribution in [2.75, 3.05) is 11.4 Å². The third-order valence-electron chi connectivity index (χ3n) is 6.07. The number of benzene rings is 1. The second-order valence-electron chi connectivity index (χ2n) is 8.03. The second-order valence-corrected chi connectivity index (χ2v) is 8.43. The van der Waals surface area contributed by atoms with Crippen molar-refractivity contribution >= 4 is 34.0 Å². The van der Waals surface area contributed by atoms with Gasteiger partial charge in [0.25, 0.3) is 5.56 Å². The molecule has 0 amide bonds. The van der Waals surface area contributed by atoms with E-state index in [-0.39, 0.29) is 29.1 Å². The highest BCUT2D eigenvalue weighted by molar-refractivity contribution is 6.33. The molecule has 1 N–H and O–H groups in total. The number of rotatable bonds is 3. The van der Waals surface area contributed by atoms with Crippen LogP contribution < -0.4 is 10.5 Å². The molecule has 0 unspecified atom stereocenters. The Hall–Kier alpha value is -4.23. The zero-order valence-corrected chi connectivity index (χ0v) is 18.3. The van der Waals surface area contributed by atoms with Gasteiger partial charge in [-0.15, -0.1) is 0 Å². The molecule has 1 aliphatic heterocycles. The van der Waals surface area contributed by atoms with Gasteiger partial charge >= 0.3 is 0 Å². The fourth-order valence-electron chi connectivity index (χ4n) is 4.61. The fourth-order valence-corrected chi connectivity index (χ4v) is 4.83. The molecule has 2 atom stereocenters. The highest BCUT2D eigenvalue weighted by Gasteiger charge is 2.39. The van der Waals surface area contributed by atoms with Crippen molar-refractivity contribution in [1.29, 1.82) is 5.26 Å². The van der Waals surface area contributed by atoms with Crippen molar-refractivity contribution in [3.63, 3.8) is 0 Å². The number of fused-ring (bicyclic) bond motifs is 2. The van der Waals surface area contributed by atoms with Crippen molar-refractivity contribution in [3.05, 3.63) is 81.9 Å². The minimum absolute atomic E-state index is 0.0297. The minimum atomic E-state index is -1.19. The first-order chi connectivity index (χ1) is 16.6. The van der Waals surface area contributed by atoms with Gasteiger partial charge < -0.3 is 9.88 Å². The molecular weight excluding hydrogens is 459 g/mol. The Balaban J connectivity index is 1.62. The summed E-state index contributed by atoms with van der Waals surface area (Å²) in [6.07, 6.45) is 3.42. The van der Waals surface area contributed by atoms with Crippen LogP contribution >= 0.6 is 11.6 Å². The molecule has 1 aromatic carbocycles. The third-order valence-corrected chi connectivity index (χ3v) is 6.37. The van der Waals surface area contributed by atoms with E-state index in [2.05, 4.69) is 21.0 Å². The molecule has 168 valence electrons. The van der Waals surface area contributed by atoms with E-state index in [0.29, 0.717) is 33.9 Å². The Kier molecular flexibility index (Phi) is 4.60. The summed E-state index contributed by atoms with van der Waals surface area (Å²) in [4.78, 5) is 26.9. The Morgan fingerprint density at radius 3 is 2.82 bits per heavy atom. The molecule has 34 heavy (non-hydrogen) atoms. The average molecular weight is 475 g/mol.